The summed E-state index contributed by atoms with van der Waals surface area (Å²) in [6.45, 7) is 1.09. The zero-order valence-electron chi connectivity index (χ0n) is 13.3. The fraction of sp³-hybridized carbons (Fsp3) is 0.235. The van der Waals surface area contributed by atoms with Crippen LogP contribution in [-0.4, -0.2) is 51.8 Å². The minimum Gasteiger partial charge on any atom is -0.353 e. The van der Waals surface area contributed by atoms with E-state index in [0.29, 0.717) is 19.0 Å². The molecule has 8 heteroatoms. The van der Waals surface area contributed by atoms with Gasteiger partial charge in [-0.3, -0.25) is 14.9 Å². The highest BCUT2D eigenvalue weighted by molar-refractivity contribution is 6.05. The Kier molecular flexibility index (Phi) is 3.85. The first kappa shape index (κ1) is 15.3. The van der Waals surface area contributed by atoms with Crippen LogP contribution < -0.4 is 10.6 Å². The number of rotatable bonds is 2. The first-order valence-electron chi connectivity index (χ1n) is 8.02. The van der Waals surface area contributed by atoms with E-state index in [-0.39, 0.29) is 24.2 Å². The number of carbonyl (C=O) groups excluding carboxylic acids is 2. The Morgan fingerprint density at radius 3 is 2.84 bits per heavy atom. The molecule has 1 atom stereocenters. The molecule has 2 aromatic rings. The molecule has 0 spiro atoms. The van der Waals surface area contributed by atoms with Gasteiger partial charge in [0.05, 0.1) is 12.1 Å². The average molecular weight is 336 g/mol. The third kappa shape index (κ3) is 3.06. The van der Waals surface area contributed by atoms with E-state index in [1.165, 1.54) is 0 Å². The van der Waals surface area contributed by atoms with Gasteiger partial charge in [0.25, 0.3) is 5.95 Å². The molecule has 2 aliphatic heterocycles. The summed E-state index contributed by atoms with van der Waals surface area (Å²) in [5.41, 5.74) is 1.69. The first-order valence-corrected chi connectivity index (χ1v) is 8.02. The Balaban J connectivity index is 1.67. The minimum atomic E-state index is -0.529. The lowest BCUT2D eigenvalue weighted by Gasteiger charge is -2.39. The Morgan fingerprint density at radius 2 is 2.00 bits per heavy atom. The highest BCUT2D eigenvalue weighted by Gasteiger charge is 2.38. The predicted octanol–water partition coefficient (Wildman–Crippen LogP) is 0.451. The number of nitrogens with one attached hydrogen (secondary N) is 2. The molecule has 0 saturated carbocycles. The van der Waals surface area contributed by atoms with E-state index >= 15 is 0 Å². The van der Waals surface area contributed by atoms with Crippen LogP contribution in [0.2, 0.25) is 0 Å². The van der Waals surface area contributed by atoms with Crippen molar-refractivity contribution >= 4 is 23.7 Å². The van der Waals surface area contributed by atoms with E-state index in [1.54, 1.807) is 17.2 Å². The summed E-state index contributed by atoms with van der Waals surface area (Å²) in [6.07, 6.45) is 1.75. The van der Waals surface area contributed by atoms with Gasteiger partial charge in [0.15, 0.2) is 0 Å². The quantitative estimate of drug-likeness (QED) is 0.829. The average Bonchev–Trinajstić information content (AvgIpc) is 2.64. The number of fused-ring (bicyclic) bond motifs is 1. The number of hydrogen-bond acceptors (Lipinski definition) is 5. The zero-order chi connectivity index (χ0) is 17.2. The van der Waals surface area contributed by atoms with Gasteiger partial charge in [0.1, 0.15) is 6.04 Å². The Bertz CT molecular complexity index is 851. The molecule has 2 amide bonds. The molecule has 126 valence electrons. The molecule has 2 fully saturated rings. The molecule has 4 rings (SSSR count). The highest BCUT2D eigenvalue weighted by atomic mass is 16.2. The van der Waals surface area contributed by atoms with Crippen LogP contribution >= 0.6 is 0 Å². The maximum atomic E-state index is 12.0. The largest absolute Gasteiger partial charge is 0.353 e. The van der Waals surface area contributed by atoms with Gasteiger partial charge in [-0.15, -0.1) is 0 Å². The minimum absolute atomic E-state index is 0.121. The van der Waals surface area contributed by atoms with Crippen molar-refractivity contribution in [3.63, 3.8) is 0 Å². The monoisotopic (exact) mass is 336 g/mol. The second-order valence-electron chi connectivity index (χ2n) is 5.80. The van der Waals surface area contributed by atoms with Gasteiger partial charge >= 0.3 is 0 Å². The number of nitrogens with zero attached hydrogens (tertiary/aromatic N) is 4. The van der Waals surface area contributed by atoms with Gasteiger partial charge in [-0.05, 0) is 6.07 Å². The molecule has 0 aliphatic carbocycles. The summed E-state index contributed by atoms with van der Waals surface area (Å²) in [5, 5.41) is 5.49. The van der Waals surface area contributed by atoms with Crippen molar-refractivity contribution in [2.24, 2.45) is 4.99 Å². The van der Waals surface area contributed by atoms with Gasteiger partial charge in [-0.25, -0.2) is 9.97 Å². The van der Waals surface area contributed by atoms with E-state index in [0.717, 1.165) is 11.3 Å². The second-order valence-corrected chi connectivity index (χ2v) is 5.80. The van der Waals surface area contributed by atoms with Crippen molar-refractivity contribution < 1.29 is 9.59 Å². The number of piperazine rings is 1. The van der Waals surface area contributed by atoms with Crippen molar-refractivity contribution in [3.8, 4) is 11.3 Å². The summed E-state index contributed by atoms with van der Waals surface area (Å²) in [7, 11) is 0. The molecular formula is C17H16N6O2. The lowest BCUT2D eigenvalue weighted by Crippen LogP contribution is -2.65. The summed E-state index contributed by atoms with van der Waals surface area (Å²) in [4.78, 5) is 38.7. The van der Waals surface area contributed by atoms with E-state index in [4.69, 9.17) is 0 Å². The molecule has 3 heterocycles. The van der Waals surface area contributed by atoms with Gasteiger partial charge in [-0.2, -0.15) is 4.99 Å². The standard InChI is InChI=1S/C17H16N6O2/c24-14-10-13-15(25)18-8-9-23(13)17(21-14)22-16-19-7-6-12(20-16)11-4-2-1-3-5-11/h1-7,13H,8-10H2,(H,18,25)(H,19,20,21,22,24)/t13-/m0/s1. The molecule has 0 unspecified atom stereocenters. The van der Waals surface area contributed by atoms with Gasteiger partial charge in [-0.1, -0.05) is 30.3 Å². The number of amides is 2. The topological polar surface area (TPSA) is 99.6 Å². The molecule has 0 bridgehead atoms. The lowest BCUT2D eigenvalue weighted by atomic mass is 10.1. The summed E-state index contributed by atoms with van der Waals surface area (Å²) in [6, 6.07) is 11.0. The first-order chi connectivity index (χ1) is 12.2. The van der Waals surface area contributed by atoms with Crippen molar-refractivity contribution in [2.75, 3.05) is 13.1 Å². The fourth-order valence-electron chi connectivity index (χ4n) is 2.95. The van der Waals surface area contributed by atoms with Crippen LogP contribution in [-0.2, 0) is 9.59 Å². The third-order valence-electron chi connectivity index (χ3n) is 4.15. The summed E-state index contributed by atoms with van der Waals surface area (Å²) in [5.74, 6) is 0.161. The fourth-order valence-corrected chi connectivity index (χ4v) is 2.95. The van der Waals surface area contributed by atoms with Crippen LogP contribution in [0.4, 0.5) is 5.95 Å². The molecule has 1 aromatic heterocycles. The molecule has 1 aromatic carbocycles. The van der Waals surface area contributed by atoms with Crippen molar-refractivity contribution in [1.82, 2.24) is 25.5 Å². The Morgan fingerprint density at radius 1 is 1.16 bits per heavy atom. The van der Waals surface area contributed by atoms with E-state index < -0.39 is 6.04 Å². The molecule has 2 saturated heterocycles. The maximum Gasteiger partial charge on any atom is 0.253 e. The van der Waals surface area contributed by atoms with Crippen LogP contribution in [0.1, 0.15) is 6.42 Å². The van der Waals surface area contributed by atoms with E-state index in [1.807, 2.05) is 30.3 Å². The number of guanidine groups is 1. The molecular weight excluding hydrogens is 320 g/mol. The highest BCUT2D eigenvalue weighted by Crippen LogP contribution is 2.19. The van der Waals surface area contributed by atoms with Crippen LogP contribution in [0.5, 0.6) is 0 Å². The van der Waals surface area contributed by atoms with Crippen LogP contribution in [0.15, 0.2) is 47.6 Å². The third-order valence-corrected chi connectivity index (χ3v) is 4.15. The van der Waals surface area contributed by atoms with Crippen LogP contribution in [0.25, 0.3) is 11.3 Å². The van der Waals surface area contributed by atoms with Crippen molar-refractivity contribution in [1.29, 1.82) is 0 Å². The summed E-state index contributed by atoms with van der Waals surface area (Å²) < 4.78 is 0. The number of aliphatic imine (C=N–C) groups is 1. The van der Waals surface area contributed by atoms with Crippen molar-refractivity contribution in [2.45, 2.75) is 12.5 Å². The Hall–Kier alpha value is -3.29. The Labute approximate surface area is 144 Å². The zero-order valence-corrected chi connectivity index (χ0v) is 13.3. The lowest BCUT2D eigenvalue weighted by molar-refractivity contribution is -0.133. The second kappa shape index (κ2) is 6.31. The van der Waals surface area contributed by atoms with E-state index in [2.05, 4.69) is 25.6 Å². The molecule has 2 N–H and O–H groups in total. The number of hydrogen-bond donors (Lipinski definition) is 2. The van der Waals surface area contributed by atoms with Gasteiger partial charge in [0, 0.05) is 24.8 Å². The van der Waals surface area contributed by atoms with Crippen molar-refractivity contribution in [3.05, 3.63) is 42.6 Å². The van der Waals surface area contributed by atoms with E-state index in [9.17, 15) is 9.59 Å². The molecule has 0 radical (unpaired) electrons. The SMILES string of the molecule is O=C1C[C@H]2C(=O)NCCN2C(=Nc2nccc(-c3ccccc3)n2)N1. The van der Waals surface area contributed by atoms with Gasteiger partial charge < -0.3 is 10.2 Å². The molecule has 8 nitrogen and oxygen atoms in total. The molecule has 2 aliphatic rings. The predicted molar refractivity (Wildman–Crippen MR) is 90.8 cm³/mol. The summed E-state index contributed by atoms with van der Waals surface area (Å²) >= 11 is 0. The normalized spacial score (nSPS) is 21.5. The number of aromatic nitrogens is 2. The maximum absolute atomic E-state index is 12.0. The van der Waals surface area contributed by atoms with Crippen LogP contribution in [0.3, 0.4) is 0 Å². The molecule has 25 heavy (non-hydrogen) atoms. The number of carbonyl (C=O) groups is 2. The smallest absolute Gasteiger partial charge is 0.253 e. The number of benzene rings is 1. The van der Waals surface area contributed by atoms with Gasteiger partial charge in [0.2, 0.25) is 17.8 Å². The van der Waals surface area contributed by atoms with Crippen LogP contribution in [0, 0.1) is 0 Å².